The van der Waals surface area contributed by atoms with E-state index >= 15 is 0 Å². The Bertz CT molecular complexity index is 723. The van der Waals surface area contributed by atoms with Crippen LogP contribution in [0.25, 0.3) is 11.6 Å². The van der Waals surface area contributed by atoms with Crippen molar-refractivity contribution in [2.75, 3.05) is 0 Å². The fourth-order valence-corrected chi connectivity index (χ4v) is 2.12. The highest BCUT2D eigenvalue weighted by molar-refractivity contribution is 6.28. The number of hydrogen-bond acceptors (Lipinski definition) is 2. The molecule has 0 aromatic heterocycles. The molecule has 0 saturated carbocycles. The van der Waals surface area contributed by atoms with Gasteiger partial charge in [0, 0.05) is 17.2 Å². The van der Waals surface area contributed by atoms with Crippen LogP contribution < -0.4 is 0 Å². The van der Waals surface area contributed by atoms with Crippen LogP contribution in [0, 0.1) is 0 Å². The molecule has 0 fully saturated rings. The van der Waals surface area contributed by atoms with Gasteiger partial charge >= 0.3 is 5.97 Å². The topological polar surface area (TPSA) is 54.4 Å². The van der Waals surface area contributed by atoms with Crippen molar-refractivity contribution in [3.63, 3.8) is 0 Å². The van der Waals surface area contributed by atoms with Gasteiger partial charge in [-0.2, -0.15) is 0 Å². The summed E-state index contributed by atoms with van der Waals surface area (Å²) in [6.45, 7) is 1.84. The molecule has 2 aromatic carbocycles. The largest absolute Gasteiger partial charge is 0.478 e. The van der Waals surface area contributed by atoms with Crippen LogP contribution in [0.5, 0.6) is 0 Å². The first-order valence-electron chi connectivity index (χ1n) is 6.89. The van der Waals surface area contributed by atoms with E-state index in [0.717, 1.165) is 17.2 Å². The van der Waals surface area contributed by atoms with E-state index in [2.05, 4.69) is 0 Å². The second-order valence-corrected chi connectivity index (χ2v) is 4.69. The molecule has 0 spiro atoms. The average molecular weight is 292 g/mol. The zero-order chi connectivity index (χ0) is 15.9. The van der Waals surface area contributed by atoms with Gasteiger partial charge in [0.25, 0.3) is 0 Å². The summed E-state index contributed by atoms with van der Waals surface area (Å²) >= 11 is 0. The monoisotopic (exact) mass is 292 g/mol. The van der Waals surface area contributed by atoms with Crippen LogP contribution in [0.3, 0.4) is 0 Å². The molecule has 0 aliphatic heterocycles. The zero-order valence-corrected chi connectivity index (χ0v) is 12.2. The lowest BCUT2D eigenvalue weighted by molar-refractivity contribution is -0.131. The van der Waals surface area contributed by atoms with Crippen LogP contribution in [0.2, 0.25) is 0 Å². The summed E-state index contributed by atoms with van der Waals surface area (Å²) in [5, 5.41) is 8.60. The molecule has 0 atom stereocenters. The number of carbonyl (C=O) groups excluding carboxylic acids is 1. The Morgan fingerprint density at radius 2 is 1.55 bits per heavy atom. The minimum absolute atomic E-state index is 0.0533. The van der Waals surface area contributed by atoms with Gasteiger partial charge in [0.15, 0.2) is 5.78 Å². The van der Waals surface area contributed by atoms with Crippen molar-refractivity contribution >= 4 is 23.4 Å². The van der Waals surface area contributed by atoms with Crippen LogP contribution in [0.15, 0.2) is 66.7 Å². The number of rotatable bonds is 5. The molecular formula is C19H16O3. The third kappa shape index (κ3) is 3.79. The van der Waals surface area contributed by atoms with Crippen molar-refractivity contribution < 1.29 is 14.7 Å². The summed E-state index contributed by atoms with van der Waals surface area (Å²) in [6, 6.07) is 16.4. The van der Waals surface area contributed by atoms with E-state index in [1.807, 2.05) is 37.3 Å². The second-order valence-electron chi connectivity index (χ2n) is 4.69. The van der Waals surface area contributed by atoms with Crippen molar-refractivity contribution in [1.29, 1.82) is 0 Å². The van der Waals surface area contributed by atoms with Crippen molar-refractivity contribution in [1.82, 2.24) is 0 Å². The standard InChI is InChI=1S/C19H16O3/c1-2-17(15-6-4-3-5-7-15)19(22)16-11-8-14(9-12-16)10-13-18(20)21/h2-13H,1H3,(H,20,21)/b13-10+,17-2-. The maximum Gasteiger partial charge on any atom is 0.328 e. The number of carboxylic acid groups (broad SMARTS) is 1. The Hall–Kier alpha value is -2.94. The molecule has 0 radical (unpaired) electrons. The van der Waals surface area contributed by atoms with Crippen LogP contribution in [-0.2, 0) is 4.79 Å². The molecule has 0 bridgehead atoms. The minimum atomic E-state index is -1.000. The SMILES string of the molecule is C/C=C(\C(=O)c1ccc(/C=C/C(=O)O)cc1)c1ccccc1. The Morgan fingerprint density at radius 1 is 0.909 bits per heavy atom. The Balaban J connectivity index is 2.24. The predicted octanol–water partition coefficient (Wildman–Crippen LogP) is 4.07. The van der Waals surface area contributed by atoms with E-state index in [1.165, 1.54) is 6.08 Å². The van der Waals surface area contributed by atoms with Crippen LogP contribution in [0.1, 0.15) is 28.4 Å². The van der Waals surface area contributed by atoms with Crippen LogP contribution in [-0.4, -0.2) is 16.9 Å². The Labute approximate surface area is 129 Å². The predicted molar refractivity (Wildman–Crippen MR) is 87.5 cm³/mol. The molecule has 3 heteroatoms. The van der Waals surface area contributed by atoms with E-state index in [4.69, 9.17) is 5.11 Å². The summed E-state index contributed by atoms with van der Waals surface area (Å²) in [5.41, 5.74) is 2.84. The summed E-state index contributed by atoms with van der Waals surface area (Å²) in [4.78, 5) is 23.1. The van der Waals surface area contributed by atoms with E-state index in [-0.39, 0.29) is 5.78 Å². The number of hydrogen-bond donors (Lipinski definition) is 1. The Morgan fingerprint density at radius 3 is 2.09 bits per heavy atom. The van der Waals surface area contributed by atoms with Gasteiger partial charge in [-0.25, -0.2) is 4.79 Å². The number of benzene rings is 2. The molecule has 110 valence electrons. The van der Waals surface area contributed by atoms with Gasteiger partial charge in [0.1, 0.15) is 0 Å². The smallest absolute Gasteiger partial charge is 0.328 e. The second kappa shape index (κ2) is 7.18. The van der Waals surface area contributed by atoms with E-state index in [0.29, 0.717) is 11.1 Å². The number of ketones is 1. The normalized spacial score (nSPS) is 11.6. The van der Waals surface area contributed by atoms with Crippen LogP contribution >= 0.6 is 0 Å². The molecule has 1 N–H and O–H groups in total. The highest BCUT2D eigenvalue weighted by atomic mass is 16.4. The lowest BCUT2D eigenvalue weighted by Gasteiger charge is -2.07. The number of allylic oxidation sites excluding steroid dienone is 2. The van der Waals surface area contributed by atoms with Gasteiger partial charge in [-0.15, -0.1) is 0 Å². The van der Waals surface area contributed by atoms with Crippen molar-refractivity contribution in [2.24, 2.45) is 0 Å². The van der Waals surface area contributed by atoms with Gasteiger partial charge < -0.3 is 5.11 Å². The molecule has 3 nitrogen and oxygen atoms in total. The molecule has 2 rings (SSSR count). The summed E-state index contributed by atoms with van der Waals surface area (Å²) in [6.07, 6.45) is 4.36. The molecule has 0 unspecified atom stereocenters. The molecule has 0 saturated heterocycles. The molecule has 0 heterocycles. The summed E-state index contributed by atoms with van der Waals surface area (Å²) in [7, 11) is 0. The first-order chi connectivity index (χ1) is 10.6. The summed E-state index contributed by atoms with van der Waals surface area (Å²) < 4.78 is 0. The van der Waals surface area contributed by atoms with E-state index < -0.39 is 5.97 Å². The van der Waals surface area contributed by atoms with Gasteiger partial charge in [-0.05, 0) is 24.1 Å². The van der Waals surface area contributed by atoms with Crippen molar-refractivity contribution in [2.45, 2.75) is 6.92 Å². The third-order valence-corrected chi connectivity index (χ3v) is 3.21. The highest BCUT2D eigenvalue weighted by Crippen LogP contribution is 2.20. The van der Waals surface area contributed by atoms with Crippen molar-refractivity contribution in [3.8, 4) is 0 Å². The van der Waals surface area contributed by atoms with E-state index in [9.17, 15) is 9.59 Å². The van der Waals surface area contributed by atoms with E-state index in [1.54, 1.807) is 30.3 Å². The first-order valence-corrected chi connectivity index (χ1v) is 6.89. The zero-order valence-electron chi connectivity index (χ0n) is 12.2. The number of aliphatic carboxylic acids is 1. The quantitative estimate of drug-likeness (QED) is 0.667. The maximum absolute atomic E-state index is 12.6. The maximum atomic E-state index is 12.6. The van der Waals surface area contributed by atoms with Gasteiger partial charge in [0.2, 0.25) is 0 Å². The van der Waals surface area contributed by atoms with Gasteiger partial charge in [0.05, 0.1) is 0 Å². The molecule has 2 aromatic rings. The van der Waals surface area contributed by atoms with Gasteiger partial charge in [-0.1, -0.05) is 60.7 Å². The number of Topliss-reactive ketones (excluding diaryl/α,β-unsaturated/α-hetero) is 1. The number of carbonyl (C=O) groups is 2. The molecular weight excluding hydrogens is 276 g/mol. The minimum Gasteiger partial charge on any atom is -0.478 e. The van der Waals surface area contributed by atoms with Crippen LogP contribution in [0.4, 0.5) is 0 Å². The third-order valence-electron chi connectivity index (χ3n) is 3.21. The fraction of sp³-hybridized carbons (Fsp3) is 0.0526. The first kappa shape index (κ1) is 15.4. The summed E-state index contributed by atoms with van der Waals surface area (Å²) in [5.74, 6) is -1.05. The average Bonchev–Trinajstić information content (AvgIpc) is 2.55. The Kier molecular flexibility index (Phi) is 5.04. The van der Waals surface area contributed by atoms with Crippen molar-refractivity contribution in [3.05, 3.63) is 83.4 Å². The number of carboxylic acids is 1. The fourth-order valence-electron chi connectivity index (χ4n) is 2.12. The molecule has 0 amide bonds. The molecule has 0 aliphatic carbocycles. The highest BCUT2D eigenvalue weighted by Gasteiger charge is 2.12. The molecule has 0 aliphatic rings. The van der Waals surface area contributed by atoms with Gasteiger partial charge in [-0.3, -0.25) is 4.79 Å². The molecule has 22 heavy (non-hydrogen) atoms. The lowest BCUT2D eigenvalue weighted by Crippen LogP contribution is -2.02. The lowest BCUT2D eigenvalue weighted by atomic mass is 9.96.